The lowest BCUT2D eigenvalue weighted by molar-refractivity contribution is 0.550. The van der Waals surface area contributed by atoms with Gasteiger partial charge in [0.15, 0.2) is 16.3 Å². The molecule has 4 nitrogen and oxygen atoms in total. The molecule has 0 bridgehead atoms. The first-order chi connectivity index (χ1) is 9.15. The molecule has 0 atom stereocenters. The molecule has 2 aromatic heterocycles. The van der Waals surface area contributed by atoms with E-state index in [4.69, 9.17) is 4.42 Å². The van der Waals surface area contributed by atoms with Crippen molar-refractivity contribution < 1.29 is 4.42 Å². The molecule has 0 saturated carbocycles. The molecule has 0 fully saturated rings. The van der Waals surface area contributed by atoms with Gasteiger partial charge in [-0.1, -0.05) is 13.3 Å². The van der Waals surface area contributed by atoms with Gasteiger partial charge >= 0.3 is 0 Å². The number of aryl methyl sites for hydroxylation is 1. The highest BCUT2D eigenvalue weighted by molar-refractivity contribution is 9.10. The van der Waals surface area contributed by atoms with Crippen LogP contribution in [0.25, 0.3) is 11.6 Å². The number of nitrogens with zero attached hydrogens (tertiary/aromatic N) is 2. The second-order valence-corrected chi connectivity index (χ2v) is 5.62. The third-order valence-corrected chi connectivity index (χ3v) is 3.80. The zero-order valence-corrected chi connectivity index (χ0v) is 14.0. The maximum absolute atomic E-state index is 5.52. The van der Waals surface area contributed by atoms with Crippen LogP contribution in [0.3, 0.4) is 0 Å². The van der Waals surface area contributed by atoms with Crippen LogP contribution in [0.15, 0.2) is 25.7 Å². The average molecular weight is 389 g/mol. The Hall–Kier alpha value is -0.880. The smallest absolute Gasteiger partial charge is 0.197 e. The summed E-state index contributed by atoms with van der Waals surface area (Å²) in [7, 11) is 0. The molecule has 0 aliphatic rings. The molecule has 0 radical (unpaired) electrons. The molecule has 1 N–H and O–H groups in total. The zero-order valence-electron chi connectivity index (χ0n) is 10.8. The minimum absolute atomic E-state index is 0.605. The second kappa shape index (κ2) is 6.52. The lowest BCUT2D eigenvalue weighted by atomic mass is 10.2. The third kappa shape index (κ3) is 3.36. The highest BCUT2D eigenvalue weighted by Gasteiger charge is 2.14. The van der Waals surface area contributed by atoms with Crippen LogP contribution >= 0.6 is 31.9 Å². The van der Waals surface area contributed by atoms with Gasteiger partial charge in [0, 0.05) is 6.54 Å². The fourth-order valence-corrected chi connectivity index (χ4v) is 2.55. The van der Waals surface area contributed by atoms with E-state index in [2.05, 4.69) is 54.1 Å². The topological polar surface area (TPSA) is 51.0 Å². The summed E-state index contributed by atoms with van der Waals surface area (Å²) in [6, 6.07) is 3.70. The summed E-state index contributed by atoms with van der Waals surface area (Å²) < 4.78 is 7.14. The summed E-state index contributed by atoms with van der Waals surface area (Å²) in [5, 5.41) is 3.24. The molecule has 0 saturated heterocycles. The average Bonchev–Trinajstić information content (AvgIpc) is 2.81. The first-order valence-electron chi connectivity index (χ1n) is 6.21. The van der Waals surface area contributed by atoms with E-state index < -0.39 is 0 Å². The molecule has 19 heavy (non-hydrogen) atoms. The summed E-state index contributed by atoms with van der Waals surface area (Å²) in [6.45, 7) is 4.98. The molecule has 0 amide bonds. The lowest BCUT2D eigenvalue weighted by Crippen LogP contribution is -2.06. The Balaban J connectivity index is 2.48. The van der Waals surface area contributed by atoms with E-state index in [9.17, 15) is 0 Å². The van der Waals surface area contributed by atoms with Crippen molar-refractivity contribution in [2.45, 2.75) is 26.7 Å². The van der Waals surface area contributed by atoms with Crippen molar-refractivity contribution in [3.05, 3.63) is 27.0 Å². The van der Waals surface area contributed by atoms with Gasteiger partial charge in [-0.15, -0.1) is 0 Å². The lowest BCUT2D eigenvalue weighted by Gasteiger charge is -2.10. The summed E-state index contributed by atoms with van der Waals surface area (Å²) in [6.07, 6.45) is 1.93. The van der Waals surface area contributed by atoms with E-state index in [1.165, 1.54) is 0 Å². The Morgan fingerprint density at radius 2 is 2.00 bits per heavy atom. The fraction of sp³-hybridized carbons (Fsp3) is 0.385. The van der Waals surface area contributed by atoms with Crippen molar-refractivity contribution >= 4 is 37.7 Å². The van der Waals surface area contributed by atoms with Gasteiger partial charge in [0.05, 0.1) is 10.2 Å². The number of halogens is 2. The van der Waals surface area contributed by atoms with Crippen molar-refractivity contribution in [2.24, 2.45) is 0 Å². The molecule has 0 aliphatic carbocycles. The summed E-state index contributed by atoms with van der Waals surface area (Å²) in [5.74, 6) is 2.08. The van der Waals surface area contributed by atoms with E-state index in [1.807, 2.05) is 19.1 Å². The quantitative estimate of drug-likeness (QED) is 0.810. The minimum atomic E-state index is 0.605. The van der Waals surface area contributed by atoms with E-state index in [0.29, 0.717) is 16.3 Å². The van der Waals surface area contributed by atoms with Gasteiger partial charge in [-0.2, -0.15) is 0 Å². The molecular formula is C13H15Br2N3O. The Morgan fingerprint density at radius 3 is 2.58 bits per heavy atom. The zero-order chi connectivity index (χ0) is 13.8. The van der Waals surface area contributed by atoms with E-state index >= 15 is 0 Å². The van der Waals surface area contributed by atoms with Crippen LogP contribution in [0.4, 0.5) is 5.82 Å². The largest absolute Gasteiger partial charge is 0.446 e. The molecule has 6 heteroatoms. The van der Waals surface area contributed by atoms with Crippen LogP contribution in [-0.4, -0.2) is 16.5 Å². The molecule has 0 aromatic carbocycles. The van der Waals surface area contributed by atoms with Gasteiger partial charge in [0.1, 0.15) is 5.82 Å². The molecule has 0 spiro atoms. The van der Waals surface area contributed by atoms with Crippen molar-refractivity contribution in [3.8, 4) is 11.6 Å². The van der Waals surface area contributed by atoms with Gasteiger partial charge in [0.2, 0.25) is 0 Å². The Kier molecular flexibility index (Phi) is 4.99. The van der Waals surface area contributed by atoms with E-state index in [-0.39, 0.29) is 0 Å². The number of hydrogen-bond acceptors (Lipinski definition) is 4. The normalized spacial score (nSPS) is 10.7. The van der Waals surface area contributed by atoms with Crippen molar-refractivity contribution in [1.29, 1.82) is 0 Å². The van der Waals surface area contributed by atoms with Gasteiger partial charge in [-0.3, -0.25) is 0 Å². The first kappa shape index (κ1) is 14.5. The van der Waals surface area contributed by atoms with Gasteiger partial charge in [-0.25, -0.2) is 9.97 Å². The van der Waals surface area contributed by atoms with Crippen molar-refractivity contribution in [1.82, 2.24) is 9.97 Å². The molecule has 0 unspecified atom stereocenters. The van der Waals surface area contributed by atoms with Crippen LogP contribution in [-0.2, 0) is 6.42 Å². The SMILES string of the molecule is CCCc1nc(-c2ccc(Br)o2)nc(NCC)c1Br. The molecular weight excluding hydrogens is 374 g/mol. The summed E-state index contributed by atoms with van der Waals surface area (Å²) in [4.78, 5) is 9.08. The van der Waals surface area contributed by atoms with E-state index in [1.54, 1.807) is 0 Å². The van der Waals surface area contributed by atoms with E-state index in [0.717, 1.165) is 35.4 Å². The van der Waals surface area contributed by atoms with Crippen molar-refractivity contribution in [3.63, 3.8) is 0 Å². The molecule has 2 aromatic rings. The second-order valence-electron chi connectivity index (χ2n) is 4.04. The number of furan rings is 1. The number of aromatic nitrogens is 2. The highest BCUT2D eigenvalue weighted by Crippen LogP contribution is 2.29. The maximum Gasteiger partial charge on any atom is 0.197 e. The Labute approximate surface area is 129 Å². The van der Waals surface area contributed by atoms with Crippen LogP contribution in [0, 0.1) is 0 Å². The fourth-order valence-electron chi connectivity index (χ4n) is 1.73. The number of hydrogen-bond donors (Lipinski definition) is 1. The number of anilines is 1. The number of rotatable bonds is 5. The maximum atomic E-state index is 5.52. The van der Waals surface area contributed by atoms with Gasteiger partial charge < -0.3 is 9.73 Å². The van der Waals surface area contributed by atoms with Crippen LogP contribution in [0.1, 0.15) is 26.0 Å². The molecule has 2 heterocycles. The molecule has 102 valence electrons. The predicted octanol–water partition coefficient (Wildman–Crippen LogP) is 4.65. The van der Waals surface area contributed by atoms with Crippen LogP contribution in [0.5, 0.6) is 0 Å². The standard InChI is InChI=1S/C13H15Br2N3O/c1-3-5-8-11(15)13(16-4-2)18-12(17-8)9-6-7-10(14)19-9/h6-7H,3-5H2,1-2H3,(H,16,17,18). The first-order valence-corrected chi connectivity index (χ1v) is 7.80. The predicted molar refractivity (Wildman–Crippen MR) is 83.3 cm³/mol. The monoisotopic (exact) mass is 387 g/mol. The summed E-state index contributed by atoms with van der Waals surface area (Å²) >= 11 is 6.86. The summed E-state index contributed by atoms with van der Waals surface area (Å²) in [5.41, 5.74) is 0.996. The Bertz CT molecular complexity index is 542. The molecule has 2 rings (SSSR count). The Morgan fingerprint density at radius 1 is 1.21 bits per heavy atom. The van der Waals surface area contributed by atoms with Gasteiger partial charge in [0.25, 0.3) is 0 Å². The minimum Gasteiger partial charge on any atom is -0.446 e. The molecule has 0 aliphatic heterocycles. The highest BCUT2D eigenvalue weighted by atomic mass is 79.9. The van der Waals surface area contributed by atoms with Crippen molar-refractivity contribution in [2.75, 3.05) is 11.9 Å². The van der Waals surface area contributed by atoms with Crippen LogP contribution in [0.2, 0.25) is 0 Å². The van der Waals surface area contributed by atoms with Crippen LogP contribution < -0.4 is 5.32 Å². The number of nitrogens with one attached hydrogen (secondary N) is 1. The third-order valence-electron chi connectivity index (χ3n) is 2.54. The van der Waals surface area contributed by atoms with Gasteiger partial charge in [-0.05, 0) is 57.3 Å².